The van der Waals surface area contributed by atoms with Gasteiger partial charge in [-0.15, -0.1) is 0 Å². The van der Waals surface area contributed by atoms with Crippen molar-refractivity contribution in [2.45, 2.75) is 39.0 Å². The average molecular weight is 417 g/mol. The second kappa shape index (κ2) is 10.4. The fourth-order valence-electron chi connectivity index (χ4n) is 4.30. The Kier molecular flexibility index (Phi) is 7.15. The van der Waals surface area contributed by atoms with Gasteiger partial charge in [0.1, 0.15) is 5.82 Å². The first kappa shape index (κ1) is 21.3. The molecule has 0 unspecified atom stereocenters. The maximum Gasteiger partial charge on any atom is 0.252 e. The minimum atomic E-state index is -0.0414. The summed E-state index contributed by atoms with van der Waals surface area (Å²) in [6.45, 7) is 5.98. The molecule has 1 aromatic heterocycles. The summed E-state index contributed by atoms with van der Waals surface area (Å²) in [6, 6.07) is 17.9. The van der Waals surface area contributed by atoms with E-state index in [9.17, 15) is 4.79 Å². The molecule has 1 aliphatic rings. The van der Waals surface area contributed by atoms with E-state index in [1.165, 1.54) is 31.2 Å². The third-order valence-corrected chi connectivity index (χ3v) is 6.03. The van der Waals surface area contributed by atoms with Crippen LogP contribution >= 0.6 is 0 Å². The lowest BCUT2D eigenvalue weighted by atomic mass is 10.1. The van der Waals surface area contributed by atoms with Crippen LogP contribution in [0.2, 0.25) is 0 Å². The number of hydrogen-bond donors (Lipinski definition) is 2. The lowest BCUT2D eigenvalue weighted by molar-refractivity contribution is 0.0950. The number of carbonyl (C=O) groups excluding carboxylic acids is 1. The van der Waals surface area contributed by atoms with E-state index in [0.717, 1.165) is 42.6 Å². The predicted octanol–water partition coefficient (Wildman–Crippen LogP) is 5.15. The van der Waals surface area contributed by atoms with Crippen LogP contribution in [0.4, 0.5) is 11.5 Å². The van der Waals surface area contributed by atoms with E-state index in [1.54, 1.807) is 0 Å². The molecular formula is C26H32N4O. The van der Waals surface area contributed by atoms with Gasteiger partial charge in [-0.2, -0.15) is 0 Å². The molecule has 1 amide bonds. The molecule has 1 aliphatic heterocycles. The molecule has 0 bridgehead atoms. The van der Waals surface area contributed by atoms with Gasteiger partial charge in [-0.3, -0.25) is 4.79 Å². The zero-order valence-electron chi connectivity index (χ0n) is 18.4. The number of carbonyl (C=O) groups is 1. The third-order valence-electron chi connectivity index (χ3n) is 6.03. The Labute approximate surface area is 184 Å². The number of amides is 1. The fourth-order valence-corrected chi connectivity index (χ4v) is 4.30. The number of benzene rings is 2. The molecule has 0 spiro atoms. The molecule has 2 heterocycles. The van der Waals surface area contributed by atoms with E-state index in [2.05, 4.69) is 34.6 Å². The number of pyridine rings is 1. The van der Waals surface area contributed by atoms with E-state index in [1.807, 2.05) is 42.5 Å². The number of hydrogen-bond acceptors (Lipinski definition) is 4. The standard InChI is InChI=1S/C26H32N4O/c1-2-20-11-5-7-13-23(20)28-25-19-22(21-12-6-8-14-24(21)29-25)26(31)27-15-18-30-16-9-3-4-10-17-30/h5-8,11-14,19H,2-4,9-10,15-18H2,1H3,(H,27,31)(H,28,29). The quantitative estimate of drug-likeness (QED) is 0.559. The lowest BCUT2D eigenvalue weighted by Gasteiger charge is -2.20. The molecule has 2 aromatic carbocycles. The van der Waals surface area contributed by atoms with E-state index in [0.29, 0.717) is 17.9 Å². The summed E-state index contributed by atoms with van der Waals surface area (Å²) < 4.78 is 0. The largest absolute Gasteiger partial charge is 0.351 e. The van der Waals surface area contributed by atoms with E-state index in [-0.39, 0.29) is 5.91 Å². The summed E-state index contributed by atoms with van der Waals surface area (Å²) in [5.74, 6) is 0.650. The van der Waals surface area contributed by atoms with Crippen molar-refractivity contribution in [2.24, 2.45) is 0 Å². The van der Waals surface area contributed by atoms with Crippen LogP contribution in [0.5, 0.6) is 0 Å². The maximum atomic E-state index is 13.1. The molecule has 0 atom stereocenters. The monoisotopic (exact) mass is 416 g/mol. The van der Waals surface area contributed by atoms with Crippen LogP contribution in [0.1, 0.15) is 48.5 Å². The Hall–Kier alpha value is -2.92. The average Bonchev–Trinajstić information content (AvgIpc) is 3.08. The molecule has 0 saturated carbocycles. The number of fused-ring (bicyclic) bond motifs is 1. The van der Waals surface area contributed by atoms with Gasteiger partial charge in [-0.1, -0.05) is 56.2 Å². The van der Waals surface area contributed by atoms with Crippen molar-refractivity contribution >= 4 is 28.3 Å². The molecule has 0 aliphatic carbocycles. The summed E-state index contributed by atoms with van der Waals surface area (Å²) in [5, 5.41) is 7.44. The molecule has 5 nitrogen and oxygen atoms in total. The summed E-state index contributed by atoms with van der Waals surface area (Å²) in [4.78, 5) is 20.3. The number of aryl methyl sites for hydroxylation is 1. The molecule has 1 fully saturated rings. The van der Waals surface area contributed by atoms with E-state index in [4.69, 9.17) is 4.98 Å². The van der Waals surface area contributed by atoms with Crippen LogP contribution in [0.25, 0.3) is 10.9 Å². The van der Waals surface area contributed by atoms with Crippen molar-refractivity contribution in [3.05, 3.63) is 65.7 Å². The number of nitrogens with one attached hydrogen (secondary N) is 2. The highest BCUT2D eigenvalue weighted by Crippen LogP contribution is 2.25. The number of para-hydroxylation sites is 2. The molecule has 0 radical (unpaired) electrons. The smallest absolute Gasteiger partial charge is 0.252 e. The highest BCUT2D eigenvalue weighted by Gasteiger charge is 2.15. The Balaban J connectivity index is 1.52. The second-order valence-electron chi connectivity index (χ2n) is 8.22. The van der Waals surface area contributed by atoms with Gasteiger partial charge in [0.2, 0.25) is 0 Å². The molecule has 1 saturated heterocycles. The number of likely N-dealkylation sites (tertiary alicyclic amines) is 1. The summed E-state index contributed by atoms with van der Waals surface area (Å²) in [7, 11) is 0. The molecule has 162 valence electrons. The van der Waals surface area contributed by atoms with Gasteiger partial charge < -0.3 is 15.5 Å². The van der Waals surface area contributed by atoms with Crippen molar-refractivity contribution < 1.29 is 4.79 Å². The zero-order chi connectivity index (χ0) is 21.5. The number of anilines is 2. The van der Waals surface area contributed by atoms with Crippen LogP contribution in [0.3, 0.4) is 0 Å². The molecule has 4 rings (SSSR count). The number of rotatable bonds is 7. The molecule has 2 N–H and O–H groups in total. The first-order valence-electron chi connectivity index (χ1n) is 11.5. The minimum absolute atomic E-state index is 0.0414. The topological polar surface area (TPSA) is 57.3 Å². The van der Waals surface area contributed by atoms with Gasteiger partial charge in [0, 0.05) is 24.2 Å². The van der Waals surface area contributed by atoms with Crippen molar-refractivity contribution in [1.82, 2.24) is 15.2 Å². The SMILES string of the molecule is CCc1ccccc1Nc1cc(C(=O)NCCN2CCCCCC2)c2ccccc2n1. The van der Waals surface area contributed by atoms with Gasteiger partial charge >= 0.3 is 0 Å². The van der Waals surface area contributed by atoms with Crippen LogP contribution < -0.4 is 10.6 Å². The third kappa shape index (κ3) is 5.42. The first-order chi connectivity index (χ1) is 15.2. The highest BCUT2D eigenvalue weighted by molar-refractivity contribution is 6.07. The normalized spacial score (nSPS) is 14.9. The van der Waals surface area contributed by atoms with Gasteiger partial charge in [0.15, 0.2) is 0 Å². The predicted molar refractivity (Wildman–Crippen MR) is 128 cm³/mol. The van der Waals surface area contributed by atoms with E-state index < -0.39 is 0 Å². The van der Waals surface area contributed by atoms with Gasteiger partial charge in [-0.25, -0.2) is 4.98 Å². The van der Waals surface area contributed by atoms with Crippen LogP contribution in [0, 0.1) is 0 Å². The summed E-state index contributed by atoms with van der Waals surface area (Å²) >= 11 is 0. The van der Waals surface area contributed by atoms with E-state index >= 15 is 0 Å². The van der Waals surface area contributed by atoms with Crippen LogP contribution in [-0.2, 0) is 6.42 Å². The van der Waals surface area contributed by atoms with Crippen LogP contribution in [-0.4, -0.2) is 42.0 Å². The Morgan fingerprint density at radius 2 is 1.74 bits per heavy atom. The number of nitrogens with zero attached hydrogens (tertiary/aromatic N) is 2. The number of aromatic nitrogens is 1. The maximum absolute atomic E-state index is 13.1. The van der Waals surface area contributed by atoms with Crippen molar-refractivity contribution in [3.63, 3.8) is 0 Å². The highest BCUT2D eigenvalue weighted by atomic mass is 16.1. The molecule has 31 heavy (non-hydrogen) atoms. The molecular weight excluding hydrogens is 384 g/mol. The Morgan fingerprint density at radius 1 is 1.00 bits per heavy atom. The Morgan fingerprint density at radius 3 is 2.55 bits per heavy atom. The fraction of sp³-hybridized carbons (Fsp3) is 0.385. The molecule has 3 aromatic rings. The van der Waals surface area contributed by atoms with Gasteiger partial charge in [0.25, 0.3) is 5.91 Å². The summed E-state index contributed by atoms with van der Waals surface area (Å²) in [5.41, 5.74) is 3.73. The van der Waals surface area contributed by atoms with Gasteiger partial charge in [0.05, 0.1) is 11.1 Å². The lowest BCUT2D eigenvalue weighted by Crippen LogP contribution is -2.35. The minimum Gasteiger partial charge on any atom is -0.351 e. The van der Waals surface area contributed by atoms with Crippen molar-refractivity contribution in [1.29, 1.82) is 0 Å². The summed E-state index contributed by atoms with van der Waals surface area (Å²) in [6.07, 6.45) is 6.10. The van der Waals surface area contributed by atoms with Crippen molar-refractivity contribution in [3.8, 4) is 0 Å². The van der Waals surface area contributed by atoms with Crippen molar-refractivity contribution in [2.75, 3.05) is 31.5 Å². The van der Waals surface area contributed by atoms with Crippen LogP contribution in [0.15, 0.2) is 54.6 Å². The molecule has 5 heteroatoms. The van der Waals surface area contributed by atoms with Gasteiger partial charge in [-0.05, 0) is 56.1 Å². The first-order valence-corrected chi connectivity index (χ1v) is 11.5. The second-order valence-corrected chi connectivity index (χ2v) is 8.22. The Bertz CT molecular complexity index is 1020. The zero-order valence-corrected chi connectivity index (χ0v) is 18.4.